The maximum atomic E-state index is 13.5. The lowest BCUT2D eigenvalue weighted by atomic mass is 10.2. The molecule has 0 bridgehead atoms. The van der Waals surface area contributed by atoms with Gasteiger partial charge in [-0.1, -0.05) is 47.5 Å². The number of nitrogens with zero attached hydrogens (tertiary/aromatic N) is 1. The minimum atomic E-state index is -4.13. The van der Waals surface area contributed by atoms with Gasteiger partial charge >= 0.3 is 0 Å². The molecular formula is C28H25Cl2N3O5S2. The van der Waals surface area contributed by atoms with Crippen LogP contribution in [0.2, 0.25) is 10.0 Å². The Hall–Kier alpha value is -3.57. The zero-order valence-electron chi connectivity index (χ0n) is 21.4. The zero-order valence-corrected chi connectivity index (χ0v) is 24.6. The van der Waals surface area contributed by atoms with Crippen LogP contribution in [0.3, 0.4) is 0 Å². The summed E-state index contributed by atoms with van der Waals surface area (Å²) in [6.07, 6.45) is 0. The Morgan fingerprint density at radius 1 is 0.750 bits per heavy atom. The summed E-state index contributed by atoms with van der Waals surface area (Å²) in [5.41, 5.74) is 2.41. The monoisotopic (exact) mass is 617 g/mol. The summed E-state index contributed by atoms with van der Waals surface area (Å²) in [5.74, 6) is -0.621. The Kier molecular flexibility index (Phi) is 8.74. The molecule has 0 radical (unpaired) electrons. The Labute approximate surface area is 243 Å². The summed E-state index contributed by atoms with van der Waals surface area (Å²) >= 11 is 12.0. The number of nitrogens with one attached hydrogen (secondary N) is 2. The minimum Gasteiger partial charge on any atom is -0.325 e. The van der Waals surface area contributed by atoms with Crippen molar-refractivity contribution in [2.24, 2.45) is 0 Å². The summed E-state index contributed by atoms with van der Waals surface area (Å²) in [6, 6.07) is 22.8. The van der Waals surface area contributed by atoms with Crippen molar-refractivity contribution in [2.75, 3.05) is 20.9 Å². The van der Waals surface area contributed by atoms with E-state index >= 15 is 0 Å². The van der Waals surface area contributed by atoms with E-state index in [9.17, 15) is 21.6 Å². The molecule has 208 valence electrons. The average molecular weight is 619 g/mol. The predicted molar refractivity (Wildman–Crippen MR) is 159 cm³/mol. The molecule has 4 rings (SSSR count). The third kappa shape index (κ3) is 6.76. The van der Waals surface area contributed by atoms with Crippen LogP contribution in [0.1, 0.15) is 11.1 Å². The van der Waals surface area contributed by atoms with Crippen LogP contribution in [0.5, 0.6) is 0 Å². The molecule has 0 heterocycles. The van der Waals surface area contributed by atoms with Crippen LogP contribution in [0.4, 0.5) is 17.1 Å². The highest BCUT2D eigenvalue weighted by atomic mass is 35.5. The molecule has 0 aliphatic heterocycles. The third-order valence-corrected chi connectivity index (χ3v) is 9.78. The zero-order chi connectivity index (χ0) is 29.1. The van der Waals surface area contributed by atoms with Crippen molar-refractivity contribution in [1.82, 2.24) is 0 Å². The first-order valence-electron chi connectivity index (χ1n) is 11.9. The molecule has 0 aliphatic rings. The van der Waals surface area contributed by atoms with E-state index in [4.69, 9.17) is 23.2 Å². The molecule has 0 aromatic heterocycles. The molecule has 2 N–H and O–H groups in total. The molecule has 4 aromatic rings. The highest BCUT2D eigenvalue weighted by Crippen LogP contribution is 2.28. The van der Waals surface area contributed by atoms with Gasteiger partial charge in [0.1, 0.15) is 6.54 Å². The summed E-state index contributed by atoms with van der Waals surface area (Å²) in [4.78, 5) is 13.0. The molecule has 0 atom stereocenters. The van der Waals surface area contributed by atoms with E-state index in [0.29, 0.717) is 27.0 Å². The number of para-hydroxylation sites is 1. The maximum absolute atomic E-state index is 13.5. The van der Waals surface area contributed by atoms with Gasteiger partial charge in [0.25, 0.3) is 20.0 Å². The van der Waals surface area contributed by atoms with Gasteiger partial charge in [-0.05, 0) is 91.7 Å². The fourth-order valence-corrected chi connectivity index (χ4v) is 6.64. The van der Waals surface area contributed by atoms with Crippen molar-refractivity contribution in [3.05, 3.63) is 112 Å². The number of hydrogen-bond donors (Lipinski definition) is 2. The lowest BCUT2D eigenvalue weighted by molar-refractivity contribution is -0.114. The Bertz CT molecular complexity index is 1760. The molecule has 0 saturated carbocycles. The molecule has 4 aromatic carbocycles. The fourth-order valence-electron chi connectivity index (χ4n) is 3.80. The molecule has 8 nitrogen and oxygen atoms in total. The van der Waals surface area contributed by atoms with Crippen LogP contribution >= 0.6 is 23.2 Å². The van der Waals surface area contributed by atoms with Gasteiger partial charge in [0.2, 0.25) is 5.91 Å². The van der Waals surface area contributed by atoms with Crippen molar-refractivity contribution < 1.29 is 21.6 Å². The third-order valence-electron chi connectivity index (χ3n) is 5.95. The molecule has 40 heavy (non-hydrogen) atoms. The van der Waals surface area contributed by atoms with Crippen molar-refractivity contribution in [1.29, 1.82) is 0 Å². The lowest BCUT2D eigenvalue weighted by Gasteiger charge is -2.25. The lowest BCUT2D eigenvalue weighted by Crippen LogP contribution is -2.38. The first-order chi connectivity index (χ1) is 18.9. The molecule has 0 saturated heterocycles. The number of amides is 1. The van der Waals surface area contributed by atoms with Gasteiger partial charge in [-0.25, -0.2) is 16.8 Å². The SMILES string of the molecule is Cc1ccc(NS(=O)(=O)c2ccc(NC(=O)CN(c3ccccc3C)S(=O)(=O)c3ccc(Cl)cc3)cc2)cc1Cl. The van der Waals surface area contributed by atoms with E-state index in [1.165, 1.54) is 54.6 Å². The Morgan fingerprint density at radius 2 is 1.35 bits per heavy atom. The second-order valence-corrected chi connectivity index (χ2v) is 13.3. The van der Waals surface area contributed by atoms with Crippen LogP contribution in [0, 0.1) is 13.8 Å². The normalized spacial score (nSPS) is 11.6. The van der Waals surface area contributed by atoms with Gasteiger partial charge in [0.15, 0.2) is 0 Å². The number of hydrogen-bond acceptors (Lipinski definition) is 5. The van der Waals surface area contributed by atoms with Crippen LogP contribution in [0.15, 0.2) is 101 Å². The highest BCUT2D eigenvalue weighted by Gasteiger charge is 2.28. The number of benzene rings is 4. The van der Waals surface area contributed by atoms with Crippen LogP contribution < -0.4 is 14.3 Å². The van der Waals surface area contributed by atoms with Gasteiger partial charge in [0.05, 0.1) is 21.2 Å². The van der Waals surface area contributed by atoms with Crippen LogP contribution in [-0.2, 0) is 24.8 Å². The minimum absolute atomic E-state index is 0.0233. The second-order valence-electron chi connectivity index (χ2n) is 8.89. The molecule has 0 spiro atoms. The Morgan fingerprint density at radius 3 is 1.98 bits per heavy atom. The predicted octanol–water partition coefficient (Wildman–Crippen LogP) is 6.25. The van der Waals surface area contributed by atoms with E-state index < -0.39 is 32.5 Å². The average Bonchev–Trinajstić information content (AvgIpc) is 2.90. The van der Waals surface area contributed by atoms with Crippen molar-refractivity contribution in [3.63, 3.8) is 0 Å². The van der Waals surface area contributed by atoms with Gasteiger partial charge in [-0.3, -0.25) is 13.8 Å². The number of rotatable bonds is 9. The first-order valence-corrected chi connectivity index (χ1v) is 15.6. The maximum Gasteiger partial charge on any atom is 0.264 e. The molecule has 1 amide bonds. The van der Waals surface area contributed by atoms with Crippen molar-refractivity contribution in [3.8, 4) is 0 Å². The summed E-state index contributed by atoms with van der Waals surface area (Å²) in [6.45, 7) is 3.03. The standard InChI is InChI=1S/C28H25Cl2N3O5S2/c1-19-7-10-23(17-26(19)30)32-39(35,36)24-15-11-22(12-16-24)31-28(34)18-33(27-6-4-3-5-20(27)2)40(37,38)25-13-8-21(29)9-14-25/h3-17,32H,18H2,1-2H3,(H,31,34). The van der Waals surface area contributed by atoms with Crippen molar-refractivity contribution in [2.45, 2.75) is 23.6 Å². The topological polar surface area (TPSA) is 113 Å². The smallest absolute Gasteiger partial charge is 0.264 e. The molecule has 0 unspecified atom stereocenters. The molecular weight excluding hydrogens is 593 g/mol. The number of sulfonamides is 2. The van der Waals surface area contributed by atoms with E-state index in [0.717, 1.165) is 9.87 Å². The van der Waals surface area contributed by atoms with E-state index in [1.54, 1.807) is 50.2 Å². The number of halogens is 2. The van der Waals surface area contributed by atoms with E-state index in [-0.39, 0.29) is 15.5 Å². The number of carbonyl (C=O) groups is 1. The molecule has 0 fully saturated rings. The van der Waals surface area contributed by atoms with Gasteiger partial charge in [-0.15, -0.1) is 0 Å². The first kappa shape index (κ1) is 29.4. The quantitative estimate of drug-likeness (QED) is 0.231. The Balaban J connectivity index is 1.53. The van der Waals surface area contributed by atoms with E-state index in [2.05, 4.69) is 10.0 Å². The second kappa shape index (κ2) is 11.9. The fraction of sp³-hybridized carbons (Fsp3) is 0.107. The molecule has 12 heteroatoms. The number of aryl methyl sites for hydroxylation is 2. The largest absolute Gasteiger partial charge is 0.325 e. The van der Waals surface area contributed by atoms with Crippen LogP contribution in [-0.4, -0.2) is 29.3 Å². The highest BCUT2D eigenvalue weighted by molar-refractivity contribution is 7.93. The number of anilines is 3. The van der Waals surface area contributed by atoms with Gasteiger partial charge < -0.3 is 5.32 Å². The summed E-state index contributed by atoms with van der Waals surface area (Å²) in [5, 5.41) is 3.44. The van der Waals surface area contributed by atoms with Gasteiger partial charge in [-0.2, -0.15) is 0 Å². The molecule has 0 aliphatic carbocycles. The van der Waals surface area contributed by atoms with Crippen LogP contribution in [0.25, 0.3) is 0 Å². The van der Waals surface area contributed by atoms with E-state index in [1.807, 2.05) is 0 Å². The summed E-state index contributed by atoms with van der Waals surface area (Å²) < 4.78 is 56.2. The van der Waals surface area contributed by atoms with Crippen molar-refractivity contribution >= 4 is 66.2 Å². The summed E-state index contributed by atoms with van der Waals surface area (Å²) in [7, 11) is -8.04. The van der Waals surface area contributed by atoms with Gasteiger partial charge in [0, 0.05) is 15.7 Å². The number of carbonyl (C=O) groups excluding carboxylic acids is 1.